The summed E-state index contributed by atoms with van der Waals surface area (Å²) >= 11 is 0. The average Bonchev–Trinajstić information content (AvgIpc) is 2.55. The summed E-state index contributed by atoms with van der Waals surface area (Å²) in [5.74, 6) is 0.0765. The van der Waals surface area contributed by atoms with E-state index in [0.717, 1.165) is 32.7 Å². The molecular weight excluding hydrogens is 361 g/mol. The van der Waals surface area contributed by atoms with Gasteiger partial charge in [-0.15, -0.1) is 24.8 Å². The van der Waals surface area contributed by atoms with Crippen molar-refractivity contribution in [2.24, 2.45) is 5.73 Å². The van der Waals surface area contributed by atoms with Gasteiger partial charge in [0.1, 0.15) is 0 Å². The molecule has 0 aliphatic carbocycles. The van der Waals surface area contributed by atoms with Gasteiger partial charge in [-0.05, 0) is 25.8 Å². The van der Waals surface area contributed by atoms with Crippen molar-refractivity contribution in [1.29, 1.82) is 0 Å². The van der Waals surface area contributed by atoms with Crippen molar-refractivity contribution >= 4 is 30.7 Å². The van der Waals surface area contributed by atoms with Crippen LogP contribution < -0.4 is 11.1 Å². The predicted octanol–water partition coefficient (Wildman–Crippen LogP) is 2.46. The molecule has 1 amide bonds. The number of benzene rings is 1. The van der Waals surface area contributed by atoms with Crippen molar-refractivity contribution in [3.63, 3.8) is 0 Å². The van der Waals surface area contributed by atoms with Gasteiger partial charge in [0.05, 0.1) is 19.3 Å². The number of nitrogens with zero attached hydrogens (tertiary/aromatic N) is 1. The van der Waals surface area contributed by atoms with Gasteiger partial charge in [0.15, 0.2) is 0 Å². The second-order valence-electron chi connectivity index (χ2n) is 6.39. The van der Waals surface area contributed by atoms with Crippen LogP contribution in [0, 0.1) is 6.92 Å². The molecule has 1 aliphatic heterocycles. The molecule has 144 valence electrons. The van der Waals surface area contributed by atoms with Crippen molar-refractivity contribution in [1.82, 2.24) is 10.2 Å². The Hall–Kier alpha value is -0.850. The van der Waals surface area contributed by atoms with E-state index in [9.17, 15) is 4.79 Å². The maximum absolute atomic E-state index is 12.0. The van der Waals surface area contributed by atoms with Gasteiger partial charge >= 0.3 is 0 Å². The molecule has 1 aliphatic rings. The molecule has 1 aromatic carbocycles. The molecule has 2 unspecified atom stereocenters. The van der Waals surface area contributed by atoms with Gasteiger partial charge < -0.3 is 15.8 Å². The summed E-state index contributed by atoms with van der Waals surface area (Å²) in [5, 5.41) is 3.07. The lowest BCUT2D eigenvalue weighted by Crippen LogP contribution is -2.43. The van der Waals surface area contributed by atoms with Crippen LogP contribution in [0.5, 0.6) is 0 Å². The van der Waals surface area contributed by atoms with Crippen LogP contribution in [0.3, 0.4) is 0 Å². The van der Waals surface area contributed by atoms with E-state index in [1.54, 1.807) is 0 Å². The second kappa shape index (κ2) is 12.5. The van der Waals surface area contributed by atoms with Gasteiger partial charge in [0, 0.05) is 32.1 Å². The molecule has 2 rings (SSSR count). The van der Waals surface area contributed by atoms with E-state index in [1.807, 2.05) is 6.92 Å². The first-order valence-corrected chi connectivity index (χ1v) is 8.47. The monoisotopic (exact) mass is 391 g/mol. The van der Waals surface area contributed by atoms with Gasteiger partial charge in [-0.3, -0.25) is 9.69 Å². The molecule has 25 heavy (non-hydrogen) atoms. The van der Waals surface area contributed by atoms with E-state index in [-0.39, 0.29) is 42.8 Å². The number of nitrogens with one attached hydrogen (secondary N) is 1. The van der Waals surface area contributed by atoms with Crippen molar-refractivity contribution in [3.8, 4) is 0 Å². The van der Waals surface area contributed by atoms with Crippen LogP contribution in [0.2, 0.25) is 0 Å². The summed E-state index contributed by atoms with van der Waals surface area (Å²) in [4.78, 5) is 14.4. The van der Waals surface area contributed by atoms with Crippen molar-refractivity contribution in [2.75, 3.05) is 32.8 Å². The lowest BCUT2D eigenvalue weighted by Gasteiger charge is -2.35. The SMILES string of the molecule is Cc1ccc(C(CNC(=O)CCC(C)N)N2CCOCC2)cc1.Cl.Cl. The number of carbonyl (C=O) groups excluding carboxylic acids is 1. The molecule has 0 radical (unpaired) electrons. The summed E-state index contributed by atoms with van der Waals surface area (Å²) in [6.07, 6.45) is 1.21. The Morgan fingerprint density at radius 2 is 1.84 bits per heavy atom. The van der Waals surface area contributed by atoms with E-state index < -0.39 is 0 Å². The first kappa shape index (κ1) is 24.1. The number of ether oxygens (including phenoxy) is 1. The van der Waals surface area contributed by atoms with Crippen molar-refractivity contribution in [2.45, 2.75) is 38.8 Å². The van der Waals surface area contributed by atoms with Crippen LogP contribution in [-0.4, -0.2) is 49.7 Å². The maximum Gasteiger partial charge on any atom is 0.220 e. The number of halogens is 2. The Balaban J connectivity index is 0.00000288. The number of morpholine rings is 1. The second-order valence-corrected chi connectivity index (χ2v) is 6.39. The highest BCUT2D eigenvalue weighted by atomic mass is 35.5. The zero-order valence-corrected chi connectivity index (χ0v) is 16.7. The standard InChI is InChI=1S/C18H29N3O2.2ClH/c1-14-3-6-16(7-4-14)17(21-9-11-23-12-10-21)13-20-18(22)8-5-15(2)19;;/h3-4,6-7,15,17H,5,8-13,19H2,1-2H3,(H,20,22);2*1H. The third-order valence-electron chi connectivity index (χ3n) is 4.27. The van der Waals surface area contributed by atoms with E-state index in [2.05, 4.69) is 41.4 Å². The molecule has 1 heterocycles. The summed E-state index contributed by atoms with van der Waals surface area (Å²) in [7, 11) is 0. The molecule has 2 atom stereocenters. The Bertz CT molecular complexity index is 492. The van der Waals surface area contributed by atoms with Crippen LogP contribution in [-0.2, 0) is 9.53 Å². The molecule has 3 N–H and O–H groups in total. The highest BCUT2D eigenvalue weighted by molar-refractivity contribution is 5.85. The number of aryl methyl sites for hydroxylation is 1. The van der Waals surface area contributed by atoms with Gasteiger partial charge in [0.25, 0.3) is 0 Å². The Kier molecular flexibility index (Phi) is 12.1. The fraction of sp³-hybridized carbons (Fsp3) is 0.611. The van der Waals surface area contributed by atoms with Crippen LogP contribution in [0.1, 0.15) is 36.9 Å². The molecule has 0 saturated carbocycles. The van der Waals surface area contributed by atoms with E-state index in [0.29, 0.717) is 13.0 Å². The van der Waals surface area contributed by atoms with Crippen LogP contribution in [0.25, 0.3) is 0 Å². The van der Waals surface area contributed by atoms with E-state index in [1.165, 1.54) is 11.1 Å². The van der Waals surface area contributed by atoms with Gasteiger partial charge in [-0.25, -0.2) is 0 Å². The Morgan fingerprint density at radius 1 is 1.24 bits per heavy atom. The van der Waals surface area contributed by atoms with Crippen LogP contribution in [0.4, 0.5) is 0 Å². The number of nitrogens with two attached hydrogens (primary N) is 1. The minimum Gasteiger partial charge on any atom is -0.379 e. The van der Waals surface area contributed by atoms with Gasteiger partial charge in [0.2, 0.25) is 5.91 Å². The lowest BCUT2D eigenvalue weighted by molar-refractivity contribution is -0.121. The number of hydrogen-bond donors (Lipinski definition) is 2. The summed E-state index contributed by atoms with van der Waals surface area (Å²) < 4.78 is 5.45. The van der Waals surface area contributed by atoms with Gasteiger partial charge in [-0.1, -0.05) is 29.8 Å². The number of rotatable bonds is 7. The van der Waals surface area contributed by atoms with Crippen LogP contribution in [0.15, 0.2) is 24.3 Å². The molecule has 7 heteroatoms. The Morgan fingerprint density at radius 3 is 2.40 bits per heavy atom. The van der Waals surface area contributed by atoms with E-state index in [4.69, 9.17) is 10.5 Å². The highest BCUT2D eigenvalue weighted by Gasteiger charge is 2.23. The molecule has 0 bridgehead atoms. The fourth-order valence-corrected chi connectivity index (χ4v) is 2.79. The van der Waals surface area contributed by atoms with E-state index >= 15 is 0 Å². The van der Waals surface area contributed by atoms with Gasteiger partial charge in [-0.2, -0.15) is 0 Å². The number of carbonyl (C=O) groups is 1. The average molecular weight is 392 g/mol. The molecule has 1 aromatic rings. The maximum atomic E-state index is 12.0. The molecular formula is C18H31Cl2N3O2. The minimum absolute atomic E-state index is 0. The lowest BCUT2D eigenvalue weighted by atomic mass is 10.0. The summed E-state index contributed by atoms with van der Waals surface area (Å²) in [6, 6.07) is 8.82. The predicted molar refractivity (Wildman–Crippen MR) is 107 cm³/mol. The largest absolute Gasteiger partial charge is 0.379 e. The minimum atomic E-state index is 0. The zero-order chi connectivity index (χ0) is 16.7. The third kappa shape index (κ3) is 8.38. The van der Waals surface area contributed by atoms with Crippen LogP contribution >= 0.6 is 24.8 Å². The molecule has 1 fully saturated rings. The summed E-state index contributed by atoms with van der Waals surface area (Å²) in [5.41, 5.74) is 8.20. The fourth-order valence-electron chi connectivity index (χ4n) is 2.79. The van der Waals surface area contributed by atoms with Crippen molar-refractivity contribution in [3.05, 3.63) is 35.4 Å². The molecule has 5 nitrogen and oxygen atoms in total. The number of amides is 1. The molecule has 1 saturated heterocycles. The number of hydrogen-bond acceptors (Lipinski definition) is 4. The summed E-state index contributed by atoms with van der Waals surface area (Å²) in [6.45, 7) is 7.94. The first-order chi connectivity index (χ1) is 11.1. The molecule has 0 spiro atoms. The van der Waals surface area contributed by atoms with Crippen molar-refractivity contribution < 1.29 is 9.53 Å². The smallest absolute Gasteiger partial charge is 0.220 e. The Labute approximate surface area is 163 Å². The normalized spacial score (nSPS) is 16.9. The zero-order valence-electron chi connectivity index (χ0n) is 15.1. The topological polar surface area (TPSA) is 67.6 Å². The third-order valence-corrected chi connectivity index (χ3v) is 4.27. The quantitative estimate of drug-likeness (QED) is 0.748. The highest BCUT2D eigenvalue weighted by Crippen LogP contribution is 2.21. The first-order valence-electron chi connectivity index (χ1n) is 8.47. The molecule has 0 aromatic heterocycles.